The Morgan fingerprint density at radius 3 is 2.90 bits per heavy atom. The van der Waals surface area contributed by atoms with Crippen molar-refractivity contribution in [3.8, 4) is 5.75 Å². The molecule has 1 aliphatic rings. The highest BCUT2D eigenvalue weighted by molar-refractivity contribution is 5.41. The highest BCUT2D eigenvalue weighted by Crippen LogP contribution is 2.31. The quantitative estimate of drug-likeness (QED) is 0.687. The van der Waals surface area contributed by atoms with E-state index in [0.717, 1.165) is 24.2 Å². The SMILES string of the molecule is O=[N+]([O-])c1ccc(C(O)c2ccc3c(c2)CCCO3)o1. The molecule has 2 heterocycles. The lowest BCUT2D eigenvalue weighted by Gasteiger charge is -2.18. The molecule has 6 heteroatoms. The fourth-order valence-electron chi connectivity index (χ4n) is 2.30. The van der Waals surface area contributed by atoms with E-state index in [1.54, 1.807) is 6.07 Å². The van der Waals surface area contributed by atoms with Crippen molar-refractivity contribution in [2.24, 2.45) is 0 Å². The summed E-state index contributed by atoms with van der Waals surface area (Å²) in [6, 6.07) is 8.06. The number of hydrogen-bond acceptors (Lipinski definition) is 5. The Kier molecular flexibility index (Phi) is 3.15. The predicted octanol–water partition coefficient (Wildman–Crippen LogP) is 2.59. The average Bonchev–Trinajstić information content (AvgIpc) is 2.96. The molecule has 0 aliphatic carbocycles. The highest BCUT2D eigenvalue weighted by atomic mass is 16.6. The van der Waals surface area contributed by atoms with Crippen LogP contribution in [-0.2, 0) is 6.42 Å². The largest absolute Gasteiger partial charge is 0.493 e. The summed E-state index contributed by atoms with van der Waals surface area (Å²) in [7, 11) is 0. The molecule has 0 amide bonds. The first-order valence-corrected chi connectivity index (χ1v) is 6.33. The third-order valence-corrected chi connectivity index (χ3v) is 3.31. The van der Waals surface area contributed by atoms with Gasteiger partial charge in [0.05, 0.1) is 12.7 Å². The number of nitrogens with zero attached hydrogens (tertiary/aromatic N) is 1. The summed E-state index contributed by atoms with van der Waals surface area (Å²) < 4.78 is 10.5. The van der Waals surface area contributed by atoms with Gasteiger partial charge in [0.1, 0.15) is 22.5 Å². The molecule has 0 radical (unpaired) electrons. The second-order valence-corrected chi connectivity index (χ2v) is 4.65. The molecule has 20 heavy (non-hydrogen) atoms. The molecule has 0 saturated heterocycles. The van der Waals surface area contributed by atoms with Crippen LogP contribution in [0.3, 0.4) is 0 Å². The number of hydrogen-bond donors (Lipinski definition) is 1. The number of aliphatic hydroxyl groups excluding tert-OH is 1. The topological polar surface area (TPSA) is 85.7 Å². The lowest BCUT2D eigenvalue weighted by Crippen LogP contribution is -2.09. The Hall–Kier alpha value is -2.34. The van der Waals surface area contributed by atoms with Gasteiger partial charge < -0.3 is 14.3 Å². The molecule has 0 saturated carbocycles. The third-order valence-electron chi connectivity index (χ3n) is 3.31. The van der Waals surface area contributed by atoms with E-state index in [1.807, 2.05) is 12.1 Å². The Balaban J connectivity index is 1.89. The Bertz CT molecular complexity index is 649. The molecule has 1 atom stereocenters. The van der Waals surface area contributed by atoms with E-state index in [4.69, 9.17) is 9.15 Å². The maximum atomic E-state index is 10.6. The molecule has 1 aromatic carbocycles. The second kappa shape index (κ2) is 4.97. The van der Waals surface area contributed by atoms with Crippen LogP contribution in [0, 0.1) is 10.1 Å². The van der Waals surface area contributed by atoms with E-state index < -0.39 is 11.0 Å². The lowest BCUT2D eigenvalue weighted by atomic mass is 10.00. The number of benzene rings is 1. The fourth-order valence-corrected chi connectivity index (χ4v) is 2.30. The fraction of sp³-hybridized carbons (Fsp3) is 0.286. The number of aryl methyl sites for hydroxylation is 1. The van der Waals surface area contributed by atoms with Gasteiger partial charge in [-0.15, -0.1) is 0 Å². The summed E-state index contributed by atoms with van der Waals surface area (Å²) >= 11 is 0. The minimum absolute atomic E-state index is 0.161. The van der Waals surface area contributed by atoms with Crippen molar-refractivity contribution < 1.29 is 19.2 Å². The van der Waals surface area contributed by atoms with Crippen LogP contribution in [0.5, 0.6) is 5.75 Å². The molecule has 6 nitrogen and oxygen atoms in total. The monoisotopic (exact) mass is 275 g/mol. The smallest absolute Gasteiger partial charge is 0.433 e. The molecule has 3 rings (SSSR count). The van der Waals surface area contributed by atoms with Gasteiger partial charge >= 0.3 is 5.88 Å². The van der Waals surface area contributed by atoms with Gasteiger partial charge in [-0.3, -0.25) is 10.1 Å². The zero-order valence-corrected chi connectivity index (χ0v) is 10.6. The molecule has 1 aliphatic heterocycles. The molecule has 1 unspecified atom stereocenters. The highest BCUT2D eigenvalue weighted by Gasteiger charge is 2.21. The lowest BCUT2D eigenvalue weighted by molar-refractivity contribution is -0.402. The molecule has 0 bridgehead atoms. The number of aliphatic hydroxyl groups is 1. The Labute approximate surface area is 114 Å². The van der Waals surface area contributed by atoms with Crippen molar-refractivity contribution in [3.05, 3.63) is 57.3 Å². The van der Waals surface area contributed by atoms with Gasteiger partial charge in [-0.2, -0.15) is 0 Å². The van der Waals surface area contributed by atoms with E-state index in [1.165, 1.54) is 12.1 Å². The molecule has 0 fully saturated rings. The van der Waals surface area contributed by atoms with E-state index in [0.29, 0.717) is 12.2 Å². The minimum atomic E-state index is -1.02. The third kappa shape index (κ3) is 2.25. The van der Waals surface area contributed by atoms with Crippen LogP contribution in [0.2, 0.25) is 0 Å². The van der Waals surface area contributed by atoms with Crippen LogP contribution < -0.4 is 4.74 Å². The Morgan fingerprint density at radius 2 is 2.15 bits per heavy atom. The van der Waals surface area contributed by atoms with Crippen LogP contribution in [0.15, 0.2) is 34.7 Å². The maximum absolute atomic E-state index is 10.6. The number of fused-ring (bicyclic) bond motifs is 1. The van der Waals surface area contributed by atoms with Crippen molar-refractivity contribution in [1.82, 2.24) is 0 Å². The van der Waals surface area contributed by atoms with E-state index >= 15 is 0 Å². The van der Waals surface area contributed by atoms with Crippen LogP contribution in [0.4, 0.5) is 5.88 Å². The van der Waals surface area contributed by atoms with E-state index in [2.05, 4.69) is 0 Å². The normalized spacial score (nSPS) is 15.2. The number of rotatable bonds is 3. The zero-order valence-electron chi connectivity index (χ0n) is 10.6. The van der Waals surface area contributed by atoms with E-state index in [-0.39, 0.29) is 11.6 Å². The first-order chi connectivity index (χ1) is 9.65. The van der Waals surface area contributed by atoms with Gasteiger partial charge in [0.2, 0.25) is 0 Å². The second-order valence-electron chi connectivity index (χ2n) is 4.65. The molecule has 0 spiro atoms. The van der Waals surface area contributed by atoms with Crippen molar-refractivity contribution in [1.29, 1.82) is 0 Å². The van der Waals surface area contributed by atoms with Gasteiger partial charge in [0, 0.05) is 0 Å². The molecular formula is C14H13NO5. The average molecular weight is 275 g/mol. The van der Waals surface area contributed by atoms with Crippen LogP contribution in [0.25, 0.3) is 0 Å². The van der Waals surface area contributed by atoms with Gasteiger partial charge in [0.15, 0.2) is 0 Å². The summed E-state index contributed by atoms with van der Waals surface area (Å²) in [6.07, 6.45) is 0.823. The van der Waals surface area contributed by atoms with E-state index in [9.17, 15) is 15.2 Å². The number of nitro groups is 1. The van der Waals surface area contributed by atoms with Gasteiger partial charge in [0.25, 0.3) is 0 Å². The molecule has 104 valence electrons. The van der Waals surface area contributed by atoms with Crippen molar-refractivity contribution in [2.75, 3.05) is 6.61 Å². The van der Waals surface area contributed by atoms with Crippen molar-refractivity contribution in [2.45, 2.75) is 18.9 Å². The zero-order chi connectivity index (χ0) is 14.1. The minimum Gasteiger partial charge on any atom is -0.493 e. The maximum Gasteiger partial charge on any atom is 0.433 e. The standard InChI is InChI=1S/C14H13NO5/c16-14(12-5-6-13(20-12)15(17)18)10-3-4-11-9(8-10)2-1-7-19-11/h3-6,8,14,16H,1-2,7H2. The summed E-state index contributed by atoms with van der Waals surface area (Å²) in [5.74, 6) is 0.617. The summed E-state index contributed by atoms with van der Waals surface area (Å²) in [6.45, 7) is 0.708. The summed E-state index contributed by atoms with van der Waals surface area (Å²) in [5, 5.41) is 20.8. The number of furan rings is 1. The number of ether oxygens (including phenoxy) is 1. The summed E-state index contributed by atoms with van der Waals surface area (Å²) in [4.78, 5) is 9.95. The van der Waals surface area contributed by atoms with Gasteiger partial charge in [-0.05, 0) is 42.2 Å². The van der Waals surface area contributed by atoms with Crippen LogP contribution in [-0.4, -0.2) is 16.6 Å². The Morgan fingerprint density at radius 1 is 1.30 bits per heavy atom. The van der Waals surface area contributed by atoms with Crippen LogP contribution in [0.1, 0.15) is 29.4 Å². The van der Waals surface area contributed by atoms with Gasteiger partial charge in [-0.1, -0.05) is 6.07 Å². The predicted molar refractivity (Wildman–Crippen MR) is 69.7 cm³/mol. The van der Waals surface area contributed by atoms with Crippen LogP contribution >= 0.6 is 0 Å². The van der Waals surface area contributed by atoms with Crippen molar-refractivity contribution in [3.63, 3.8) is 0 Å². The molecule has 1 aromatic heterocycles. The molecule has 2 aromatic rings. The molecule has 1 N–H and O–H groups in total. The summed E-state index contributed by atoms with van der Waals surface area (Å²) in [5.41, 5.74) is 1.67. The van der Waals surface area contributed by atoms with Gasteiger partial charge in [-0.25, -0.2) is 0 Å². The van der Waals surface area contributed by atoms with Crippen molar-refractivity contribution >= 4 is 5.88 Å². The first kappa shape index (κ1) is 12.7. The first-order valence-electron chi connectivity index (χ1n) is 6.33. The molecular weight excluding hydrogens is 262 g/mol.